The second-order valence-electron chi connectivity index (χ2n) is 6.04. The summed E-state index contributed by atoms with van der Waals surface area (Å²) in [7, 11) is 0. The zero-order valence-electron chi connectivity index (χ0n) is 13.9. The Morgan fingerprint density at radius 1 is 1.27 bits per heavy atom. The fourth-order valence-corrected chi connectivity index (χ4v) is 2.97. The molecule has 4 nitrogen and oxygen atoms in total. The van der Waals surface area contributed by atoms with Gasteiger partial charge in [-0.3, -0.25) is 4.79 Å². The quantitative estimate of drug-likeness (QED) is 0.840. The van der Waals surface area contributed by atoms with E-state index in [1.54, 1.807) is 0 Å². The minimum absolute atomic E-state index is 0.128. The minimum atomic E-state index is -0.128. The molecule has 1 aromatic rings. The molecule has 0 spiro atoms. The van der Waals surface area contributed by atoms with Crippen LogP contribution in [0, 0.1) is 5.92 Å². The van der Waals surface area contributed by atoms with E-state index in [1.165, 1.54) is 12.8 Å². The van der Waals surface area contributed by atoms with E-state index in [4.69, 9.17) is 0 Å². The van der Waals surface area contributed by atoms with Gasteiger partial charge in [-0.15, -0.1) is 0 Å². The minimum Gasteiger partial charge on any atom is -0.372 e. The molecule has 1 atom stereocenters. The molecule has 0 unspecified atom stereocenters. The molecule has 1 saturated carbocycles. The van der Waals surface area contributed by atoms with Crippen molar-refractivity contribution in [1.82, 2.24) is 5.43 Å². The summed E-state index contributed by atoms with van der Waals surface area (Å²) in [4.78, 5) is 14.4. The van der Waals surface area contributed by atoms with Gasteiger partial charge < -0.3 is 4.90 Å². The van der Waals surface area contributed by atoms with Crippen LogP contribution >= 0.6 is 0 Å². The van der Waals surface area contributed by atoms with Crippen LogP contribution in [-0.2, 0) is 0 Å². The van der Waals surface area contributed by atoms with Gasteiger partial charge in [0.2, 0.25) is 0 Å². The molecule has 0 radical (unpaired) electrons. The molecule has 1 fully saturated rings. The van der Waals surface area contributed by atoms with Crippen LogP contribution in [0.3, 0.4) is 0 Å². The van der Waals surface area contributed by atoms with Gasteiger partial charge in [-0.25, -0.2) is 5.43 Å². The second kappa shape index (κ2) is 7.97. The van der Waals surface area contributed by atoms with Crippen molar-refractivity contribution in [1.29, 1.82) is 0 Å². The maximum absolute atomic E-state index is 12.2. The van der Waals surface area contributed by atoms with Gasteiger partial charge in [0.05, 0.1) is 0 Å². The van der Waals surface area contributed by atoms with Crippen molar-refractivity contribution in [3.63, 3.8) is 0 Å². The second-order valence-corrected chi connectivity index (χ2v) is 6.04. The summed E-state index contributed by atoms with van der Waals surface area (Å²) in [6.07, 6.45) is 4.45. The molecule has 1 aliphatic carbocycles. The molecule has 22 heavy (non-hydrogen) atoms. The lowest BCUT2D eigenvalue weighted by Gasteiger charge is -2.21. The Morgan fingerprint density at radius 2 is 1.95 bits per heavy atom. The summed E-state index contributed by atoms with van der Waals surface area (Å²) >= 11 is 0. The average Bonchev–Trinajstić information content (AvgIpc) is 2.54. The number of carbonyl (C=O) groups excluding carboxylic acids is 1. The third kappa shape index (κ3) is 4.33. The van der Waals surface area contributed by atoms with Crippen LogP contribution in [0.25, 0.3) is 0 Å². The number of hydrogen-bond donors (Lipinski definition) is 1. The van der Waals surface area contributed by atoms with Gasteiger partial charge in [0.1, 0.15) is 0 Å². The Kier molecular flexibility index (Phi) is 5.99. The highest BCUT2D eigenvalue weighted by molar-refractivity contribution is 5.95. The van der Waals surface area contributed by atoms with Gasteiger partial charge in [0.15, 0.2) is 0 Å². The fourth-order valence-electron chi connectivity index (χ4n) is 2.97. The van der Waals surface area contributed by atoms with Crippen molar-refractivity contribution >= 4 is 17.3 Å². The van der Waals surface area contributed by atoms with Crippen molar-refractivity contribution in [2.75, 3.05) is 18.0 Å². The normalized spacial score (nSPS) is 20.0. The molecule has 2 rings (SSSR count). The highest BCUT2D eigenvalue weighted by atomic mass is 16.2. The number of amides is 1. The number of anilines is 1. The summed E-state index contributed by atoms with van der Waals surface area (Å²) in [6.45, 7) is 8.43. The first-order chi connectivity index (χ1) is 10.6. The van der Waals surface area contributed by atoms with E-state index in [0.29, 0.717) is 11.5 Å². The molecule has 0 bridgehead atoms. The highest BCUT2D eigenvalue weighted by Gasteiger charge is 2.14. The van der Waals surface area contributed by atoms with Crippen LogP contribution in [0.1, 0.15) is 56.8 Å². The highest BCUT2D eigenvalue weighted by Crippen LogP contribution is 2.21. The average molecular weight is 301 g/mol. The Bertz CT molecular complexity index is 518. The van der Waals surface area contributed by atoms with Gasteiger partial charge in [-0.05, 0) is 69.7 Å². The molecular formula is C18H27N3O. The number of carbonyl (C=O) groups is 1. The van der Waals surface area contributed by atoms with Crippen LogP contribution in [0.4, 0.5) is 5.69 Å². The predicted molar refractivity (Wildman–Crippen MR) is 92.5 cm³/mol. The Labute approximate surface area is 133 Å². The Hall–Kier alpha value is -1.84. The van der Waals surface area contributed by atoms with Crippen molar-refractivity contribution in [3.8, 4) is 0 Å². The number of nitrogens with one attached hydrogen (secondary N) is 1. The molecule has 1 aliphatic rings. The lowest BCUT2D eigenvalue weighted by molar-refractivity contribution is 0.0954. The van der Waals surface area contributed by atoms with Gasteiger partial charge in [-0.1, -0.05) is 6.92 Å². The van der Waals surface area contributed by atoms with Gasteiger partial charge >= 0.3 is 0 Å². The lowest BCUT2D eigenvalue weighted by atomic mass is 9.89. The molecule has 0 saturated heterocycles. The van der Waals surface area contributed by atoms with Crippen LogP contribution < -0.4 is 10.3 Å². The van der Waals surface area contributed by atoms with Gasteiger partial charge in [-0.2, -0.15) is 5.10 Å². The molecule has 1 aromatic carbocycles. The Morgan fingerprint density at radius 3 is 2.55 bits per heavy atom. The van der Waals surface area contributed by atoms with Gasteiger partial charge in [0, 0.05) is 30.1 Å². The molecule has 0 aromatic heterocycles. The molecule has 120 valence electrons. The molecule has 0 heterocycles. The smallest absolute Gasteiger partial charge is 0.271 e. The Balaban J connectivity index is 1.96. The van der Waals surface area contributed by atoms with E-state index in [-0.39, 0.29) is 5.91 Å². The lowest BCUT2D eigenvalue weighted by Crippen LogP contribution is -2.23. The monoisotopic (exact) mass is 301 g/mol. The number of nitrogens with zero attached hydrogens (tertiary/aromatic N) is 2. The summed E-state index contributed by atoms with van der Waals surface area (Å²) < 4.78 is 0. The van der Waals surface area contributed by atoms with E-state index >= 15 is 0 Å². The largest absolute Gasteiger partial charge is 0.372 e. The number of benzene rings is 1. The number of rotatable bonds is 5. The van der Waals surface area contributed by atoms with E-state index < -0.39 is 0 Å². The summed E-state index contributed by atoms with van der Waals surface area (Å²) in [6, 6.07) is 7.73. The maximum Gasteiger partial charge on any atom is 0.271 e. The summed E-state index contributed by atoms with van der Waals surface area (Å²) in [5.41, 5.74) is 5.62. The zero-order chi connectivity index (χ0) is 15.9. The number of hydrazone groups is 1. The van der Waals surface area contributed by atoms with Crippen molar-refractivity contribution in [3.05, 3.63) is 29.8 Å². The fraction of sp³-hybridized carbons (Fsp3) is 0.556. The van der Waals surface area contributed by atoms with E-state index in [9.17, 15) is 4.79 Å². The first-order valence-corrected chi connectivity index (χ1v) is 8.34. The van der Waals surface area contributed by atoms with Crippen molar-refractivity contribution < 1.29 is 4.79 Å². The van der Waals surface area contributed by atoms with Crippen LogP contribution in [0.5, 0.6) is 0 Å². The summed E-state index contributed by atoms with van der Waals surface area (Å²) in [5, 5.41) is 4.31. The molecule has 1 amide bonds. The summed E-state index contributed by atoms with van der Waals surface area (Å²) in [5.74, 6) is 0.551. The zero-order valence-corrected chi connectivity index (χ0v) is 13.9. The molecule has 1 N–H and O–H groups in total. The van der Waals surface area contributed by atoms with Gasteiger partial charge in [0.25, 0.3) is 5.91 Å². The van der Waals surface area contributed by atoms with Crippen molar-refractivity contribution in [2.45, 2.75) is 46.5 Å². The number of hydrogen-bond acceptors (Lipinski definition) is 3. The van der Waals surface area contributed by atoms with E-state index in [1.807, 2.05) is 24.3 Å². The first kappa shape index (κ1) is 16.5. The maximum atomic E-state index is 12.2. The molecule has 4 heteroatoms. The molecular weight excluding hydrogens is 274 g/mol. The van der Waals surface area contributed by atoms with E-state index in [2.05, 4.69) is 36.2 Å². The van der Waals surface area contributed by atoms with Crippen LogP contribution in [0.15, 0.2) is 29.4 Å². The predicted octanol–water partition coefficient (Wildman–Crippen LogP) is 3.83. The topological polar surface area (TPSA) is 44.7 Å². The van der Waals surface area contributed by atoms with E-state index in [0.717, 1.165) is 37.3 Å². The molecule has 0 aliphatic heterocycles. The van der Waals surface area contributed by atoms with Crippen molar-refractivity contribution in [2.24, 2.45) is 11.0 Å². The third-order valence-corrected chi connectivity index (χ3v) is 4.32. The SMILES string of the molecule is CCN(CC)c1ccc(C(=O)N/N=C2/CCC[C@@H](C)C2)cc1. The standard InChI is InChI=1S/C18H27N3O/c1-4-21(5-2)17-11-9-15(10-12-17)18(22)20-19-16-8-6-7-14(3)13-16/h9-12,14H,4-8,13H2,1-3H3,(H,20,22)/b19-16-/t14-/m1/s1. The van der Waals surface area contributed by atoms with Crippen LogP contribution in [0.2, 0.25) is 0 Å². The van der Waals surface area contributed by atoms with Crippen LogP contribution in [-0.4, -0.2) is 24.7 Å². The third-order valence-electron chi connectivity index (χ3n) is 4.32. The first-order valence-electron chi connectivity index (χ1n) is 8.34.